The predicted molar refractivity (Wildman–Crippen MR) is 79.7 cm³/mol. The van der Waals surface area contributed by atoms with Crippen molar-refractivity contribution >= 4 is 23.6 Å². The maximum atomic E-state index is 11.6. The van der Waals surface area contributed by atoms with Crippen LogP contribution in [0.5, 0.6) is 0 Å². The number of benzene rings is 1. The van der Waals surface area contributed by atoms with Crippen LogP contribution in [0.2, 0.25) is 0 Å². The van der Waals surface area contributed by atoms with E-state index in [0.717, 1.165) is 11.3 Å². The van der Waals surface area contributed by atoms with Crippen molar-refractivity contribution in [3.05, 3.63) is 35.9 Å². The van der Waals surface area contributed by atoms with Gasteiger partial charge in [-0.3, -0.25) is 4.79 Å². The fourth-order valence-corrected chi connectivity index (χ4v) is 1.46. The van der Waals surface area contributed by atoms with Gasteiger partial charge in [0, 0.05) is 25.9 Å². The van der Waals surface area contributed by atoms with Crippen LogP contribution in [0.15, 0.2) is 30.3 Å². The summed E-state index contributed by atoms with van der Waals surface area (Å²) in [4.78, 5) is 24.5. The number of nitrogens with zero attached hydrogens (tertiary/aromatic N) is 1. The Kier molecular flexibility index (Phi) is 4.91. The van der Waals surface area contributed by atoms with Crippen molar-refractivity contribution in [2.75, 3.05) is 19.0 Å². The molecule has 0 saturated heterocycles. The first-order valence-corrected chi connectivity index (χ1v) is 6.23. The average Bonchev–Trinajstić information content (AvgIpc) is 2.36. The van der Waals surface area contributed by atoms with Crippen molar-refractivity contribution < 1.29 is 14.7 Å². The third-order valence-electron chi connectivity index (χ3n) is 2.81. The molecule has 20 heavy (non-hydrogen) atoms. The molecule has 0 aliphatic rings. The highest BCUT2D eigenvalue weighted by Gasteiger charge is 2.27. The number of hydrogen-bond donors (Lipinski definition) is 2. The van der Waals surface area contributed by atoms with E-state index in [4.69, 9.17) is 5.11 Å². The van der Waals surface area contributed by atoms with Crippen molar-refractivity contribution in [2.24, 2.45) is 0 Å². The second-order valence-corrected chi connectivity index (χ2v) is 5.24. The van der Waals surface area contributed by atoms with Crippen LogP contribution >= 0.6 is 0 Å². The highest BCUT2D eigenvalue weighted by molar-refractivity contribution is 5.95. The van der Waals surface area contributed by atoms with Crippen LogP contribution < -0.4 is 10.2 Å². The number of anilines is 1. The molecule has 0 aliphatic carbocycles. The molecule has 5 nitrogen and oxygen atoms in total. The molecule has 1 aromatic rings. The van der Waals surface area contributed by atoms with E-state index in [1.54, 1.807) is 6.08 Å². The molecule has 2 N–H and O–H groups in total. The zero-order valence-corrected chi connectivity index (χ0v) is 12.2. The summed E-state index contributed by atoms with van der Waals surface area (Å²) in [6.45, 7) is 2.87. The molecule has 0 bridgehead atoms. The third-order valence-corrected chi connectivity index (χ3v) is 2.81. The maximum Gasteiger partial charge on any atom is 0.328 e. The lowest BCUT2D eigenvalue weighted by atomic mass is 10.1. The van der Waals surface area contributed by atoms with Crippen LogP contribution in [0.4, 0.5) is 5.69 Å². The van der Waals surface area contributed by atoms with E-state index >= 15 is 0 Å². The molecule has 1 rings (SSSR count). The number of carboxylic acids is 1. The van der Waals surface area contributed by atoms with Crippen molar-refractivity contribution in [1.29, 1.82) is 0 Å². The molecule has 1 aromatic carbocycles. The molecule has 0 atom stereocenters. The van der Waals surface area contributed by atoms with Crippen molar-refractivity contribution in [1.82, 2.24) is 5.32 Å². The highest BCUT2D eigenvalue weighted by Crippen LogP contribution is 2.13. The quantitative estimate of drug-likeness (QED) is 0.804. The number of aliphatic carboxylic acids is 1. The zero-order valence-electron chi connectivity index (χ0n) is 12.2. The molecule has 0 unspecified atom stereocenters. The first-order chi connectivity index (χ1) is 9.22. The predicted octanol–water partition coefficient (Wildman–Crippen LogP) is 1.75. The Morgan fingerprint density at radius 3 is 2.20 bits per heavy atom. The molecule has 0 aromatic heterocycles. The molecular weight excluding hydrogens is 256 g/mol. The summed E-state index contributed by atoms with van der Waals surface area (Å²) < 4.78 is 0. The molecular formula is C15H20N2O3. The Labute approximate surface area is 118 Å². The van der Waals surface area contributed by atoms with Gasteiger partial charge in [0.1, 0.15) is 5.54 Å². The highest BCUT2D eigenvalue weighted by atomic mass is 16.4. The molecule has 0 heterocycles. The molecule has 0 aliphatic heterocycles. The summed E-state index contributed by atoms with van der Waals surface area (Å²) in [7, 11) is 3.90. The Morgan fingerprint density at radius 1 is 1.20 bits per heavy atom. The van der Waals surface area contributed by atoms with Gasteiger partial charge in [-0.05, 0) is 37.6 Å². The molecule has 5 heteroatoms. The van der Waals surface area contributed by atoms with Gasteiger partial charge in [-0.1, -0.05) is 12.1 Å². The number of nitrogens with one attached hydrogen (secondary N) is 1. The summed E-state index contributed by atoms with van der Waals surface area (Å²) in [5.74, 6) is -1.51. The number of hydrogen-bond acceptors (Lipinski definition) is 3. The Bertz CT molecular complexity index is 516. The summed E-state index contributed by atoms with van der Waals surface area (Å²) in [5.41, 5.74) is 0.661. The van der Waals surface area contributed by atoms with Crippen molar-refractivity contribution in [2.45, 2.75) is 19.4 Å². The van der Waals surface area contributed by atoms with E-state index in [9.17, 15) is 9.59 Å². The van der Waals surface area contributed by atoms with Gasteiger partial charge in [0.25, 0.3) is 0 Å². The zero-order chi connectivity index (χ0) is 15.3. The molecule has 0 spiro atoms. The number of carbonyl (C=O) groups excluding carboxylic acids is 1. The Morgan fingerprint density at radius 2 is 1.75 bits per heavy atom. The van der Waals surface area contributed by atoms with E-state index in [-0.39, 0.29) is 0 Å². The normalized spacial score (nSPS) is 11.4. The second kappa shape index (κ2) is 6.23. The van der Waals surface area contributed by atoms with Crippen molar-refractivity contribution in [3.63, 3.8) is 0 Å². The summed E-state index contributed by atoms with van der Waals surface area (Å²) in [6.07, 6.45) is 2.97. The minimum Gasteiger partial charge on any atom is -0.480 e. The van der Waals surface area contributed by atoms with E-state index in [2.05, 4.69) is 5.32 Å². The summed E-state index contributed by atoms with van der Waals surface area (Å²) in [5, 5.41) is 11.3. The van der Waals surface area contributed by atoms with Crippen LogP contribution in [-0.2, 0) is 9.59 Å². The van der Waals surface area contributed by atoms with Gasteiger partial charge in [-0.15, -0.1) is 0 Å². The van der Waals surface area contributed by atoms with Crippen molar-refractivity contribution in [3.8, 4) is 0 Å². The van der Waals surface area contributed by atoms with Gasteiger partial charge in [0.05, 0.1) is 0 Å². The fourth-order valence-electron chi connectivity index (χ4n) is 1.46. The minimum atomic E-state index is -1.28. The van der Waals surface area contributed by atoms with Gasteiger partial charge in [-0.25, -0.2) is 4.79 Å². The Hall–Kier alpha value is -2.30. The Balaban J connectivity index is 2.68. The minimum absolute atomic E-state index is 0.436. The molecule has 0 fully saturated rings. The summed E-state index contributed by atoms with van der Waals surface area (Å²) in [6, 6.07) is 7.67. The standard InChI is InChI=1S/C15H20N2O3/c1-15(2,14(19)20)16-13(18)10-7-11-5-8-12(9-6-11)17(3)4/h5-10H,1-4H3,(H,16,18)(H,19,20)/b10-7+. The number of rotatable bonds is 5. The lowest BCUT2D eigenvalue weighted by Crippen LogP contribution is -2.49. The maximum absolute atomic E-state index is 11.6. The lowest BCUT2D eigenvalue weighted by molar-refractivity contribution is -0.145. The first kappa shape index (κ1) is 15.8. The van der Waals surface area contributed by atoms with Gasteiger partial charge in [-0.2, -0.15) is 0 Å². The fraction of sp³-hybridized carbons (Fsp3) is 0.333. The SMILES string of the molecule is CN(C)c1ccc(/C=C/C(=O)NC(C)(C)C(=O)O)cc1. The molecule has 108 valence electrons. The summed E-state index contributed by atoms with van der Waals surface area (Å²) >= 11 is 0. The number of amides is 1. The van der Waals surface area contributed by atoms with E-state index in [1.807, 2.05) is 43.3 Å². The number of carbonyl (C=O) groups is 2. The molecule has 1 amide bonds. The van der Waals surface area contributed by atoms with Crippen LogP contribution in [0.3, 0.4) is 0 Å². The number of carboxylic acid groups (broad SMARTS) is 1. The second-order valence-electron chi connectivity index (χ2n) is 5.24. The van der Waals surface area contributed by atoms with Crippen LogP contribution in [0.25, 0.3) is 6.08 Å². The van der Waals surface area contributed by atoms with Gasteiger partial charge in [0.2, 0.25) is 5.91 Å². The monoisotopic (exact) mass is 276 g/mol. The third kappa shape index (κ3) is 4.42. The van der Waals surface area contributed by atoms with E-state index in [1.165, 1.54) is 19.9 Å². The molecule has 0 saturated carbocycles. The lowest BCUT2D eigenvalue weighted by Gasteiger charge is -2.19. The smallest absolute Gasteiger partial charge is 0.328 e. The van der Waals surface area contributed by atoms with Crippen LogP contribution in [0.1, 0.15) is 19.4 Å². The first-order valence-electron chi connectivity index (χ1n) is 6.23. The van der Waals surface area contributed by atoms with E-state index < -0.39 is 17.4 Å². The van der Waals surface area contributed by atoms with Crippen LogP contribution in [-0.4, -0.2) is 36.6 Å². The van der Waals surface area contributed by atoms with Gasteiger partial charge >= 0.3 is 5.97 Å². The van der Waals surface area contributed by atoms with Crippen LogP contribution in [0, 0.1) is 0 Å². The topological polar surface area (TPSA) is 69.6 Å². The van der Waals surface area contributed by atoms with Gasteiger partial charge < -0.3 is 15.3 Å². The molecule has 0 radical (unpaired) electrons. The van der Waals surface area contributed by atoms with Gasteiger partial charge in [0.15, 0.2) is 0 Å². The van der Waals surface area contributed by atoms with E-state index in [0.29, 0.717) is 0 Å². The largest absolute Gasteiger partial charge is 0.480 e. The average molecular weight is 276 g/mol.